The summed E-state index contributed by atoms with van der Waals surface area (Å²) in [5.74, 6) is 0.154. The van der Waals surface area contributed by atoms with Gasteiger partial charge in [-0.05, 0) is 43.5 Å². The highest BCUT2D eigenvalue weighted by molar-refractivity contribution is 7.91. The lowest BCUT2D eigenvalue weighted by atomic mass is 10.1. The molecule has 2 heterocycles. The fourth-order valence-corrected chi connectivity index (χ4v) is 4.38. The molecule has 1 amide bonds. The van der Waals surface area contributed by atoms with E-state index in [-0.39, 0.29) is 35.1 Å². The number of carbonyl (C=O) groups is 1. The largest absolute Gasteiger partial charge is 0.350 e. The van der Waals surface area contributed by atoms with Crippen LogP contribution in [0.25, 0.3) is 0 Å². The van der Waals surface area contributed by atoms with Crippen molar-refractivity contribution in [2.75, 3.05) is 22.1 Å². The van der Waals surface area contributed by atoms with Crippen LogP contribution in [-0.2, 0) is 9.84 Å². The molecule has 1 atom stereocenters. The molecule has 1 aromatic carbocycles. The van der Waals surface area contributed by atoms with Crippen molar-refractivity contribution in [1.82, 2.24) is 9.97 Å². The van der Waals surface area contributed by atoms with Crippen molar-refractivity contribution >= 4 is 27.4 Å². The fraction of sp³-hybridized carbons (Fsp3) is 0.353. The molecule has 3 rings (SSSR count). The molecule has 2 aromatic rings. The first kappa shape index (κ1) is 17.3. The zero-order chi connectivity index (χ0) is 18.0. The van der Waals surface area contributed by atoms with E-state index in [1.807, 2.05) is 32.0 Å². The Balaban J connectivity index is 1.72. The average Bonchev–Trinajstić information content (AvgIpc) is 2.90. The van der Waals surface area contributed by atoms with Gasteiger partial charge in [-0.1, -0.05) is 12.1 Å². The number of aryl methyl sites for hydroxylation is 2. The Hall–Kier alpha value is -2.48. The van der Waals surface area contributed by atoms with Gasteiger partial charge in [0.2, 0.25) is 5.95 Å². The van der Waals surface area contributed by atoms with Gasteiger partial charge in [0, 0.05) is 17.9 Å². The standard InChI is InChI=1S/C17H20N4O3S/c1-11-3-4-12(2)15(9-11)20-16(22)14-5-7-18-17(21-14)19-13-6-8-25(23,24)10-13/h3-5,7,9,13H,6,8,10H2,1-2H3,(H,20,22)(H,18,19,21). The van der Waals surface area contributed by atoms with E-state index in [2.05, 4.69) is 20.6 Å². The van der Waals surface area contributed by atoms with E-state index >= 15 is 0 Å². The summed E-state index contributed by atoms with van der Waals surface area (Å²) in [6, 6.07) is 7.13. The van der Waals surface area contributed by atoms with Crippen LogP contribution in [0.4, 0.5) is 11.6 Å². The molecule has 0 radical (unpaired) electrons. The Morgan fingerprint density at radius 3 is 2.76 bits per heavy atom. The Morgan fingerprint density at radius 1 is 1.24 bits per heavy atom. The number of anilines is 2. The van der Waals surface area contributed by atoms with Crippen molar-refractivity contribution in [1.29, 1.82) is 0 Å². The third-order valence-corrected chi connectivity index (χ3v) is 5.86. The molecule has 0 aliphatic carbocycles. The minimum absolute atomic E-state index is 0.0648. The zero-order valence-corrected chi connectivity index (χ0v) is 14.9. The van der Waals surface area contributed by atoms with Crippen LogP contribution >= 0.6 is 0 Å². The molecule has 1 unspecified atom stereocenters. The summed E-state index contributed by atoms with van der Waals surface area (Å²) in [4.78, 5) is 20.7. The number of nitrogens with zero attached hydrogens (tertiary/aromatic N) is 2. The minimum Gasteiger partial charge on any atom is -0.350 e. The fourth-order valence-electron chi connectivity index (χ4n) is 2.70. The van der Waals surface area contributed by atoms with Crippen molar-refractivity contribution in [2.24, 2.45) is 0 Å². The van der Waals surface area contributed by atoms with Gasteiger partial charge in [-0.25, -0.2) is 18.4 Å². The first-order valence-corrected chi connectivity index (χ1v) is 9.83. The Bertz CT molecular complexity index is 912. The van der Waals surface area contributed by atoms with Gasteiger partial charge in [-0.2, -0.15) is 0 Å². The maximum absolute atomic E-state index is 12.4. The number of benzene rings is 1. The molecule has 8 heteroatoms. The van der Waals surface area contributed by atoms with E-state index in [9.17, 15) is 13.2 Å². The predicted molar refractivity (Wildman–Crippen MR) is 96.6 cm³/mol. The van der Waals surface area contributed by atoms with Gasteiger partial charge in [0.05, 0.1) is 11.5 Å². The first-order chi connectivity index (χ1) is 11.8. The molecule has 132 valence electrons. The molecule has 0 bridgehead atoms. The van der Waals surface area contributed by atoms with Gasteiger partial charge in [0.15, 0.2) is 9.84 Å². The summed E-state index contributed by atoms with van der Waals surface area (Å²) in [7, 11) is -2.99. The lowest BCUT2D eigenvalue weighted by molar-refractivity contribution is 0.102. The van der Waals surface area contributed by atoms with Crippen molar-refractivity contribution < 1.29 is 13.2 Å². The lowest BCUT2D eigenvalue weighted by Crippen LogP contribution is -2.23. The molecule has 1 saturated heterocycles. The summed E-state index contributed by atoms with van der Waals surface area (Å²) in [5.41, 5.74) is 2.97. The SMILES string of the molecule is Cc1ccc(C)c(NC(=O)c2ccnc(NC3CCS(=O)(=O)C3)n2)c1. The molecule has 0 spiro atoms. The summed E-state index contributed by atoms with van der Waals surface area (Å²) < 4.78 is 23.0. The Kier molecular flexibility index (Phi) is 4.71. The number of hydrogen-bond donors (Lipinski definition) is 2. The van der Waals surface area contributed by atoms with Crippen LogP contribution in [0.3, 0.4) is 0 Å². The lowest BCUT2D eigenvalue weighted by Gasteiger charge is -2.12. The third-order valence-electron chi connectivity index (χ3n) is 4.10. The molecule has 1 aliphatic heterocycles. The monoisotopic (exact) mass is 360 g/mol. The Labute approximate surface area is 146 Å². The van der Waals surface area contributed by atoms with Crippen molar-refractivity contribution in [3.8, 4) is 0 Å². The molecule has 1 aromatic heterocycles. The molecule has 2 N–H and O–H groups in total. The van der Waals surface area contributed by atoms with Crippen LogP contribution < -0.4 is 10.6 Å². The average molecular weight is 360 g/mol. The van der Waals surface area contributed by atoms with E-state index in [1.54, 1.807) is 0 Å². The maximum atomic E-state index is 12.4. The summed E-state index contributed by atoms with van der Waals surface area (Å²) in [5, 5.41) is 5.84. The zero-order valence-electron chi connectivity index (χ0n) is 14.1. The molecular formula is C17H20N4O3S. The smallest absolute Gasteiger partial charge is 0.274 e. The van der Waals surface area contributed by atoms with Crippen LogP contribution in [0.2, 0.25) is 0 Å². The van der Waals surface area contributed by atoms with Crippen LogP contribution in [0, 0.1) is 13.8 Å². The van der Waals surface area contributed by atoms with Crippen LogP contribution in [0.1, 0.15) is 28.0 Å². The van der Waals surface area contributed by atoms with E-state index in [0.29, 0.717) is 6.42 Å². The molecule has 1 aliphatic rings. The Morgan fingerprint density at radius 2 is 2.04 bits per heavy atom. The predicted octanol–water partition coefficient (Wildman–Crippen LogP) is 1.94. The maximum Gasteiger partial charge on any atom is 0.274 e. The normalized spacial score (nSPS) is 18.7. The second-order valence-electron chi connectivity index (χ2n) is 6.28. The highest BCUT2D eigenvalue weighted by atomic mass is 32.2. The first-order valence-electron chi connectivity index (χ1n) is 8.01. The summed E-state index contributed by atoms with van der Waals surface area (Å²) in [6.45, 7) is 3.88. The van der Waals surface area contributed by atoms with Crippen molar-refractivity contribution in [2.45, 2.75) is 26.3 Å². The highest BCUT2D eigenvalue weighted by Gasteiger charge is 2.28. The van der Waals surface area contributed by atoms with Gasteiger partial charge in [0.25, 0.3) is 5.91 Å². The molecule has 0 saturated carbocycles. The second-order valence-corrected chi connectivity index (χ2v) is 8.51. The van der Waals surface area contributed by atoms with E-state index in [4.69, 9.17) is 0 Å². The van der Waals surface area contributed by atoms with Crippen LogP contribution in [-0.4, -0.2) is 41.8 Å². The highest BCUT2D eigenvalue weighted by Crippen LogP contribution is 2.18. The summed E-state index contributed by atoms with van der Waals surface area (Å²) >= 11 is 0. The molecule has 25 heavy (non-hydrogen) atoms. The molecular weight excluding hydrogens is 340 g/mol. The van der Waals surface area contributed by atoms with Gasteiger partial charge in [-0.15, -0.1) is 0 Å². The summed E-state index contributed by atoms with van der Waals surface area (Å²) in [6.07, 6.45) is 2.00. The second kappa shape index (κ2) is 6.79. The molecule has 7 nitrogen and oxygen atoms in total. The van der Waals surface area contributed by atoms with E-state index in [1.165, 1.54) is 12.3 Å². The van der Waals surface area contributed by atoms with Crippen molar-refractivity contribution in [3.05, 3.63) is 47.3 Å². The van der Waals surface area contributed by atoms with Crippen LogP contribution in [0.5, 0.6) is 0 Å². The van der Waals surface area contributed by atoms with Crippen LogP contribution in [0.15, 0.2) is 30.5 Å². The topological polar surface area (TPSA) is 101 Å². The van der Waals surface area contributed by atoms with E-state index in [0.717, 1.165) is 16.8 Å². The third kappa shape index (κ3) is 4.33. The number of carbonyl (C=O) groups excluding carboxylic acids is 1. The number of amides is 1. The number of nitrogens with one attached hydrogen (secondary N) is 2. The number of rotatable bonds is 4. The number of aromatic nitrogens is 2. The van der Waals surface area contributed by atoms with E-state index < -0.39 is 9.84 Å². The van der Waals surface area contributed by atoms with Gasteiger partial charge in [-0.3, -0.25) is 4.79 Å². The minimum atomic E-state index is -2.99. The van der Waals surface area contributed by atoms with Gasteiger partial charge < -0.3 is 10.6 Å². The number of hydrogen-bond acceptors (Lipinski definition) is 6. The molecule has 1 fully saturated rings. The quantitative estimate of drug-likeness (QED) is 0.864. The van der Waals surface area contributed by atoms with Gasteiger partial charge in [0.1, 0.15) is 5.69 Å². The van der Waals surface area contributed by atoms with Gasteiger partial charge >= 0.3 is 0 Å². The number of sulfone groups is 1. The van der Waals surface area contributed by atoms with Crippen molar-refractivity contribution in [3.63, 3.8) is 0 Å².